The van der Waals surface area contributed by atoms with Crippen LogP contribution in [0.5, 0.6) is 0 Å². The maximum atomic E-state index is 14.0. The van der Waals surface area contributed by atoms with Crippen LogP contribution in [0.15, 0.2) is 47.5 Å². The number of benzene rings is 2. The van der Waals surface area contributed by atoms with Crippen molar-refractivity contribution in [2.75, 3.05) is 5.32 Å². The first-order chi connectivity index (χ1) is 15.6. The Bertz CT molecular complexity index is 987. The van der Waals surface area contributed by atoms with Gasteiger partial charge in [-0.3, -0.25) is 4.99 Å². The molecule has 4 bridgehead atoms. The van der Waals surface area contributed by atoms with Crippen LogP contribution < -0.4 is 5.32 Å². The van der Waals surface area contributed by atoms with Crippen LogP contribution in [-0.4, -0.2) is 17.3 Å². The van der Waals surface area contributed by atoms with E-state index in [0.29, 0.717) is 5.54 Å². The number of nitrogens with one attached hydrogen (secondary N) is 1. The van der Waals surface area contributed by atoms with Crippen LogP contribution in [0.3, 0.4) is 0 Å². The number of aliphatic imine (C=N–C) groups is 1. The Hall–Kier alpha value is -2.16. The predicted octanol–water partition coefficient (Wildman–Crippen LogP) is 7.16. The van der Waals surface area contributed by atoms with Gasteiger partial charge in [0, 0.05) is 22.4 Å². The highest BCUT2D eigenvalue weighted by molar-refractivity contribution is 6.14. The van der Waals surface area contributed by atoms with Crippen LogP contribution in [0.2, 0.25) is 0 Å². The SMILES string of the molecule is CCCCC1Cc2cc(F)ccc2C(c2ccc(NC34CC5CC(CC(C5)C3)C4)cc2)=N1. The van der Waals surface area contributed by atoms with Crippen molar-refractivity contribution >= 4 is 11.4 Å². The first-order valence-corrected chi connectivity index (χ1v) is 12.8. The van der Waals surface area contributed by atoms with Gasteiger partial charge in [0.1, 0.15) is 5.82 Å². The van der Waals surface area contributed by atoms with Crippen molar-refractivity contribution in [1.82, 2.24) is 0 Å². The highest BCUT2D eigenvalue weighted by atomic mass is 19.1. The quantitative estimate of drug-likeness (QED) is 0.517. The molecule has 4 saturated carbocycles. The van der Waals surface area contributed by atoms with E-state index in [-0.39, 0.29) is 11.9 Å². The van der Waals surface area contributed by atoms with Gasteiger partial charge in [-0.1, -0.05) is 31.9 Å². The molecular formula is C29H35FN2. The van der Waals surface area contributed by atoms with E-state index in [1.54, 1.807) is 12.1 Å². The lowest BCUT2D eigenvalue weighted by Gasteiger charge is -2.57. The molecule has 3 heteroatoms. The molecule has 7 rings (SSSR count). The van der Waals surface area contributed by atoms with Gasteiger partial charge in [-0.2, -0.15) is 0 Å². The van der Waals surface area contributed by atoms with Crippen LogP contribution >= 0.6 is 0 Å². The molecule has 0 spiro atoms. The fraction of sp³-hybridized carbons (Fsp3) is 0.552. The number of anilines is 1. The van der Waals surface area contributed by atoms with Gasteiger partial charge in [0.2, 0.25) is 0 Å². The number of unbranched alkanes of at least 4 members (excludes halogenated alkanes) is 1. The van der Waals surface area contributed by atoms with Crippen LogP contribution in [0.25, 0.3) is 0 Å². The van der Waals surface area contributed by atoms with E-state index in [0.717, 1.165) is 53.0 Å². The van der Waals surface area contributed by atoms with Crippen molar-refractivity contribution < 1.29 is 4.39 Å². The molecule has 1 atom stereocenters. The van der Waals surface area contributed by atoms with E-state index in [1.807, 2.05) is 6.07 Å². The van der Waals surface area contributed by atoms with Crippen molar-refractivity contribution in [3.63, 3.8) is 0 Å². The molecular weight excluding hydrogens is 395 g/mol. The standard InChI is InChI=1S/C29H35FN2/c1-2-3-4-26-15-23-14-24(30)7-10-27(23)28(31-26)22-5-8-25(9-6-22)32-29-16-19-11-20(17-29)13-21(12-19)18-29/h5-10,14,19-21,26,32H,2-4,11-13,15-18H2,1H3. The molecule has 32 heavy (non-hydrogen) atoms. The summed E-state index contributed by atoms with van der Waals surface area (Å²) in [6.45, 7) is 2.22. The number of hydrogen-bond acceptors (Lipinski definition) is 2. The molecule has 0 amide bonds. The molecule has 5 aliphatic rings. The molecule has 0 saturated heterocycles. The largest absolute Gasteiger partial charge is 0.380 e. The zero-order valence-corrected chi connectivity index (χ0v) is 19.2. The minimum Gasteiger partial charge on any atom is -0.380 e. The van der Waals surface area contributed by atoms with Crippen LogP contribution in [-0.2, 0) is 6.42 Å². The van der Waals surface area contributed by atoms with E-state index in [2.05, 4.69) is 36.5 Å². The fourth-order valence-corrected chi connectivity index (χ4v) is 7.63. The second-order valence-corrected chi connectivity index (χ2v) is 11.2. The summed E-state index contributed by atoms with van der Waals surface area (Å²) in [4.78, 5) is 5.14. The summed E-state index contributed by atoms with van der Waals surface area (Å²) in [7, 11) is 0. The molecule has 0 radical (unpaired) electrons. The van der Waals surface area contributed by atoms with Crippen molar-refractivity contribution in [2.45, 2.75) is 82.7 Å². The van der Waals surface area contributed by atoms with E-state index in [9.17, 15) is 4.39 Å². The summed E-state index contributed by atoms with van der Waals surface area (Å²) in [5.74, 6) is 2.69. The van der Waals surface area contributed by atoms with Gasteiger partial charge >= 0.3 is 0 Å². The molecule has 1 unspecified atom stereocenters. The normalized spacial score (nSPS) is 32.5. The van der Waals surface area contributed by atoms with Gasteiger partial charge in [-0.15, -0.1) is 0 Å². The van der Waals surface area contributed by atoms with Gasteiger partial charge in [-0.05, 0) is 105 Å². The van der Waals surface area contributed by atoms with Crippen molar-refractivity contribution in [2.24, 2.45) is 22.7 Å². The Morgan fingerprint density at radius 2 is 1.66 bits per heavy atom. The molecule has 168 valence electrons. The number of fused-ring (bicyclic) bond motifs is 1. The molecule has 0 aromatic heterocycles. The Morgan fingerprint density at radius 1 is 0.969 bits per heavy atom. The third-order valence-corrected chi connectivity index (χ3v) is 8.59. The maximum absolute atomic E-state index is 14.0. The first-order valence-electron chi connectivity index (χ1n) is 12.8. The summed E-state index contributed by atoms with van der Waals surface area (Å²) in [6, 6.07) is 14.4. The van der Waals surface area contributed by atoms with Gasteiger partial charge in [0.15, 0.2) is 0 Å². The second kappa shape index (κ2) is 8.01. The molecule has 4 fully saturated rings. The molecule has 2 aromatic carbocycles. The molecule has 2 nitrogen and oxygen atoms in total. The van der Waals surface area contributed by atoms with Crippen molar-refractivity contribution in [1.29, 1.82) is 0 Å². The highest BCUT2D eigenvalue weighted by Crippen LogP contribution is 2.56. The van der Waals surface area contributed by atoms with E-state index >= 15 is 0 Å². The summed E-state index contributed by atoms with van der Waals surface area (Å²) >= 11 is 0. The topological polar surface area (TPSA) is 24.4 Å². The predicted molar refractivity (Wildman–Crippen MR) is 130 cm³/mol. The number of nitrogens with zero attached hydrogens (tertiary/aromatic N) is 1. The zero-order chi connectivity index (χ0) is 21.7. The Morgan fingerprint density at radius 3 is 2.31 bits per heavy atom. The van der Waals surface area contributed by atoms with Crippen molar-refractivity contribution in [3.8, 4) is 0 Å². The Balaban J connectivity index is 1.25. The monoisotopic (exact) mass is 430 g/mol. The minimum atomic E-state index is -0.144. The zero-order valence-electron chi connectivity index (χ0n) is 19.2. The second-order valence-electron chi connectivity index (χ2n) is 11.2. The lowest BCUT2D eigenvalue weighted by molar-refractivity contribution is 0.0107. The smallest absolute Gasteiger partial charge is 0.123 e. The molecule has 4 aliphatic carbocycles. The minimum absolute atomic E-state index is 0.144. The lowest BCUT2D eigenvalue weighted by Crippen LogP contribution is -2.54. The third-order valence-electron chi connectivity index (χ3n) is 8.59. The number of rotatable bonds is 6. The molecule has 1 aliphatic heterocycles. The molecule has 2 aromatic rings. The maximum Gasteiger partial charge on any atom is 0.123 e. The van der Waals surface area contributed by atoms with Gasteiger partial charge in [0.05, 0.1) is 11.8 Å². The van der Waals surface area contributed by atoms with Gasteiger partial charge in [-0.25, -0.2) is 4.39 Å². The first kappa shape index (κ1) is 20.4. The fourth-order valence-electron chi connectivity index (χ4n) is 7.63. The van der Waals surface area contributed by atoms with Crippen LogP contribution in [0, 0.1) is 23.6 Å². The summed E-state index contributed by atoms with van der Waals surface area (Å²) in [6.07, 6.45) is 12.7. The highest BCUT2D eigenvalue weighted by Gasteiger charge is 2.50. The Labute approximate surface area is 191 Å². The number of hydrogen-bond donors (Lipinski definition) is 1. The Kier molecular flexibility index (Phi) is 5.12. The molecule has 1 N–H and O–H groups in total. The molecule has 1 heterocycles. The average Bonchev–Trinajstić information content (AvgIpc) is 2.76. The average molecular weight is 431 g/mol. The lowest BCUT2D eigenvalue weighted by atomic mass is 9.53. The van der Waals surface area contributed by atoms with Gasteiger partial charge in [0.25, 0.3) is 0 Å². The van der Waals surface area contributed by atoms with E-state index in [1.165, 1.54) is 57.1 Å². The van der Waals surface area contributed by atoms with Gasteiger partial charge < -0.3 is 5.32 Å². The van der Waals surface area contributed by atoms with Crippen LogP contribution in [0.4, 0.5) is 10.1 Å². The van der Waals surface area contributed by atoms with Crippen LogP contribution in [0.1, 0.15) is 81.4 Å². The summed E-state index contributed by atoms with van der Waals surface area (Å²) < 4.78 is 14.0. The number of halogens is 1. The van der Waals surface area contributed by atoms with E-state index in [4.69, 9.17) is 4.99 Å². The third kappa shape index (κ3) is 3.78. The van der Waals surface area contributed by atoms with Crippen molar-refractivity contribution in [3.05, 3.63) is 65.0 Å². The summed E-state index contributed by atoms with van der Waals surface area (Å²) in [5, 5.41) is 3.99. The summed E-state index contributed by atoms with van der Waals surface area (Å²) in [5.41, 5.74) is 5.96. The van der Waals surface area contributed by atoms with E-state index < -0.39 is 0 Å².